The van der Waals surface area contributed by atoms with Crippen molar-refractivity contribution < 1.29 is 24.4 Å². The molecule has 0 spiro atoms. The molecule has 2 rings (SSSR count). The first-order chi connectivity index (χ1) is 13.1. The van der Waals surface area contributed by atoms with Crippen molar-refractivity contribution in [3.05, 3.63) is 35.5 Å². The summed E-state index contributed by atoms with van der Waals surface area (Å²) < 4.78 is 8.88. The number of halogens is 1. The molecule has 0 amide bonds. The van der Waals surface area contributed by atoms with E-state index in [4.69, 9.17) is 36.0 Å². The molecule has 1 aromatic carbocycles. The standard InChI is InChI=1S/C18H26ClN3O.H3O4P/c1-3-22(11-12-23)10-4-5-14(2)21-17-8-9-20-18-13-15(19)6-7-16(17)18;1-5(2,3)4/h6-9,13-14,23H,3-5,10-12H2,1-2H3,(H,20,21);(H3,1,2,3,4). The molecule has 28 heavy (non-hydrogen) atoms. The van der Waals surface area contributed by atoms with Crippen LogP contribution in [0, 0.1) is 0 Å². The predicted molar refractivity (Wildman–Crippen MR) is 113 cm³/mol. The highest BCUT2D eigenvalue weighted by atomic mass is 35.5. The van der Waals surface area contributed by atoms with E-state index in [0.29, 0.717) is 11.1 Å². The van der Waals surface area contributed by atoms with Gasteiger partial charge >= 0.3 is 7.82 Å². The van der Waals surface area contributed by atoms with Crippen molar-refractivity contribution in [2.24, 2.45) is 0 Å². The van der Waals surface area contributed by atoms with Gasteiger partial charge in [-0.05, 0) is 57.1 Å². The summed E-state index contributed by atoms with van der Waals surface area (Å²) in [6.45, 7) is 7.32. The first-order valence-corrected chi connectivity index (χ1v) is 11.0. The summed E-state index contributed by atoms with van der Waals surface area (Å²) in [5, 5.41) is 14.4. The number of aliphatic hydroxyl groups excluding tert-OH is 1. The van der Waals surface area contributed by atoms with Crippen molar-refractivity contribution in [2.45, 2.75) is 32.7 Å². The Morgan fingerprint density at radius 1 is 1.25 bits per heavy atom. The van der Waals surface area contributed by atoms with Crippen LogP contribution >= 0.6 is 19.4 Å². The molecule has 0 fully saturated rings. The summed E-state index contributed by atoms with van der Waals surface area (Å²) in [6, 6.07) is 8.19. The fourth-order valence-electron chi connectivity index (χ4n) is 2.78. The number of phosphoric acid groups is 1. The lowest BCUT2D eigenvalue weighted by atomic mass is 10.1. The van der Waals surface area contributed by atoms with Crippen LogP contribution in [0.5, 0.6) is 0 Å². The molecular formula is C18H29ClN3O5P. The lowest BCUT2D eigenvalue weighted by Gasteiger charge is -2.21. The molecule has 0 saturated heterocycles. The van der Waals surface area contributed by atoms with E-state index < -0.39 is 7.82 Å². The van der Waals surface area contributed by atoms with E-state index >= 15 is 0 Å². The van der Waals surface area contributed by atoms with Gasteiger partial charge in [-0.25, -0.2) is 4.57 Å². The number of hydrogen-bond acceptors (Lipinski definition) is 5. The highest BCUT2D eigenvalue weighted by Gasteiger charge is 2.08. The highest BCUT2D eigenvalue weighted by Crippen LogP contribution is 2.26. The molecule has 2 aromatic rings. The van der Waals surface area contributed by atoms with Crippen molar-refractivity contribution in [3.8, 4) is 0 Å². The average Bonchev–Trinajstić information content (AvgIpc) is 2.59. The van der Waals surface area contributed by atoms with Crippen LogP contribution in [0.4, 0.5) is 5.69 Å². The molecular weight excluding hydrogens is 405 g/mol. The van der Waals surface area contributed by atoms with Gasteiger partial charge in [0, 0.05) is 34.9 Å². The molecule has 0 radical (unpaired) electrons. The second-order valence-corrected chi connectivity index (χ2v) is 7.84. The number of hydrogen-bond donors (Lipinski definition) is 5. The molecule has 158 valence electrons. The largest absolute Gasteiger partial charge is 0.466 e. The number of aliphatic hydroxyl groups is 1. The zero-order valence-electron chi connectivity index (χ0n) is 16.1. The summed E-state index contributed by atoms with van der Waals surface area (Å²) in [5.74, 6) is 0. The fourth-order valence-corrected chi connectivity index (χ4v) is 2.94. The minimum atomic E-state index is -4.64. The molecule has 8 nitrogen and oxygen atoms in total. The number of pyridine rings is 1. The molecule has 10 heteroatoms. The number of anilines is 1. The number of likely N-dealkylation sites (N-methyl/N-ethyl adjacent to an activating group) is 1. The van der Waals surface area contributed by atoms with Crippen molar-refractivity contribution in [1.29, 1.82) is 0 Å². The molecule has 0 aliphatic heterocycles. The van der Waals surface area contributed by atoms with Gasteiger partial charge in [0.2, 0.25) is 0 Å². The van der Waals surface area contributed by atoms with E-state index in [1.54, 1.807) is 0 Å². The predicted octanol–water partition coefficient (Wildman–Crippen LogP) is 2.85. The molecule has 0 saturated carbocycles. The Morgan fingerprint density at radius 2 is 1.93 bits per heavy atom. The van der Waals surface area contributed by atoms with E-state index in [1.807, 2.05) is 30.5 Å². The first-order valence-electron chi connectivity index (χ1n) is 9.06. The van der Waals surface area contributed by atoms with Gasteiger partial charge in [-0.15, -0.1) is 0 Å². The van der Waals surface area contributed by atoms with Crippen LogP contribution in [0.1, 0.15) is 26.7 Å². The lowest BCUT2D eigenvalue weighted by molar-refractivity contribution is 0.199. The zero-order chi connectivity index (χ0) is 21.2. The van der Waals surface area contributed by atoms with Crippen molar-refractivity contribution in [3.63, 3.8) is 0 Å². The van der Waals surface area contributed by atoms with E-state index in [-0.39, 0.29) is 6.61 Å². The fraction of sp³-hybridized carbons (Fsp3) is 0.500. The molecule has 5 N–H and O–H groups in total. The summed E-state index contributed by atoms with van der Waals surface area (Å²) >= 11 is 6.03. The van der Waals surface area contributed by atoms with E-state index in [1.165, 1.54) is 0 Å². The van der Waals surface area contributed by atoms with Crippen LogP contribution in [-0.4, -0.2) is 62.0 Å². The monoisotopic (exact) mass is 433 g/mol. The summed E-state index contributed by atoms with van der Waals surface area (Å²) in [6.07, 6.45) is 4.00. The van der Waals surface area contributed by atoms with Gasteiger partial charge in [-0.1, -0.05) is 18.5 Å². The molecule has 0 aliphatic rings. The Bertz CT molecular complexity index is 766. The topological polar surface area (TPSA) is 126 Å². The number of rotatable bonds is 9. The summed E-state index contributed by atoms with van der Waals surface area (Å²) in [5.41, 5.74) is 2.01. The van der Waals surface area contributed by atoms with Gasteiger partial charge in [-0.2, -0.15) is 0 Å². The second-order valence-electron chi connectivity index (χ2n) is 6.38. The third kappa shape index (κ3) is 10.3. The number of fused-ring (bicyclic) bond motifs is 1. The van der Waals surface area contributed by atoms with Crippen molar-refractivity contribution >= 4 is 36.0 Å². The number of nitrogens with zero attached hydrogens (tertiary/aromatic N) is 2. The Kier molecular flexibility index (Phi) is 10.9. The summed E-state index contributed by atoms with van der Waals surface area (Å²) in [7, 11) is -4.64. The first kappa shape index (κ1) is 24.8. The molecule has 1 aromatic heterocycles. The van der Waals surface area contributed by atoms with Gasteiger partial charge in [0.05, 0.1) is 12.1 Å². The smallest absolute Gasteiger partial charge is 0.395 e. The van der Waals surface area contributed by atoms with Gasteiger partial charge in [0.1, 0.15) is 0 Å². The average molecular weight is 434 g/mol. The lowest BCUT2D eigenvalue weighted by Crippen LogP contribution is -2.28. The normalized spacial score (nSPS) is 12.6. The number of nitrogens with one attached hydrogen (secondary N) is 1. The van der Waals surface area contributed by atoms with Crippen LogP contribution in [0.2, 0.25) is 5.02 Å². The minimum Gasteiger partial charge on any atom is -0.395 e. The van der Waals surface area contributed by atoms with Crippen molar-refractivity contribution in [2.75, 3.05) is 31.6 Å². The van der Waals surface area contributed by atoms with Gasteiger partial charge in [0.15, 0.2) is 0 Å². The third-order valence-electron chi connectivity index (χ3n) is 4.08. The zero-order valence-corrected chi connectivity index (χ0v) is 17.8. The molecule has 1 heterocycles. The highest BCUT2D eigenvalue weighted by molar-refractivity contribution is 7.45. The number of benzene rings is 1. The van der Waals surface area contributed by atoms with Crippen LogP contribution in [0.3, 0.4) is 0 Å². The van der Waals surface area contributed by atoms with Crippen LogP contribution in [0.25, 0.3) is 10.9 Å². The summed E-state index contributed by atoms with van der Waals surface area (Å²) in [4.78, 5) is 28.2. The Morgan fingerprint density at radius 3 is 2.54 bits per heavy atom. The molecule has 1 atom stereocenters. The molecule has 0 aliphatic carbocycles. The quantitative estimate of drug-likeness (QED) is 0.382. The second kappa shape index (κ2) is 12.3. The van der Waals surface area contributed by atoms with Crippen molar-refractivity contribution in [1.82, 2.24) is 9.88 Å². The Labute approximate surface area is 170 Å². The Balaban J connectivity index is 0.000000696. The van der Waals surface area contributed by atoms with E-state index in [0.717, 1.165) is 49.1 Å². The maximum atomic E-state index is 9.02. The number of aromatic nitrogens is 1. The minimum absolute atomic E-state index is 0.229. The Hall–Kier alpha value is -1.25. The van der Waals surface area contributed by atoms with Gasteiger partial charge in [-0.3, -0.25) is 4.98 Å². The third-order valence-corrected chi connectivity index (χ3v) is 4.32. The van der Waals surface area contributed by atoms with Crippen LogP contribution in [0.15, 0.2) is 30.5 Å². The van der Waals surface area contributed by atoms with E-state index in [9.17, 15) is 0 Å². The van der Waals surface area contributed by atoms with Gasteiger partial charge < -0.3 is 30.0 Å². The van der Waals surface area contributed by atoms with E-state index in [2.05, 4.69) is 29.0 Å². The maximum Gasteiger partial charge on any atom is 0.466 e. The SMILES string of the molecule is CCN(CCO)CCCC(C)Nc1ccnc2cc(Cl)ccc12.O=P(O)(O)O. The molecule has 1 unspecified atom stereocenters. The maximum absolute atomic E-state index is 9.02. The van der Waals surface area contributed by atoms with Gasteiger partial charge in [0.25, 0.3) is 0 Å². The molecule has 0 bridgehead atoms. The van der Waals surface area contributed by atoms with Crippen LogP contribution in [-0.2, 0) is 4.57 Å². The van der Waals surface area contributed by atoms with Crippen LogP contribution < -0.4 is 5.32 Å².